The highest BCUT2D eigenvalue weighted by atomic mass is 16.6. The van der Waals surface area contributed by atoms with Gasteiger partial charge in [-0.25, -0.2) is 10.8 Å². The van der Waals surface area contributed by atoms with Crippen LogP contribution in [0, 0.1) is 10.1 Å². The lowest BCUT2D eigenvalue weighted by molar-refractivity contribution is -0.384. The van der Waals surface area contributed by atoms with Crippen LogP contribution in [-0.2, 0) is 0 Å². The van der Waals surface area contributed by atoms with E-state index in [1.54, 1.807) is 0 Å². The number of hydrazine groups is 1. The highest BCUT2D eigenvalue weighted by molar-refractivity contribution is 5.61. The first-order chi connectivity index (χ1) is 10.1. The molecule has 0 aromatic carbocycles. The fourth-order valence-corrected chi connectivity index (χ4v) is 2.53. The van der Waals surface area contributed by atoms with Gasteiger partial charge in [-0.2, -0.15) is 0 Å². The molecular formula is C13H22N6O2. The van der Waals surface area contributed by atoms with Gasteiger partial charge in [0.1, 0.15) is 5.82 Å². The molecule has 0 saturated carbocycles. The Labute approximate surface area is 124 Å². The van der Waals surface area contributed by atoms with Crippen molar-refractivity contribution in [1.29, 1.82) is 0 Å². The van der Waals surface area contributed by atoms with Crippen molar-refractivity contribution in [3.8, 4) is 0 Å². The second-order valence-corrected chi connectivity index (χ2v) is 5.22. The minimum Gasteiger partial charge on any atom is -0.348 e. The first kappa shape index (κ1) is 15.5. The smallest absolute Gasteiger partial charge is 0.311 e. The van der Waals surface area contributed by atoms with E-state index < -0.39 is 4.92 Å². The van der Waals surface area contributed by atoms with Gasteiger partial charge in [0.2, 0.25) is 5.82 Å². The average molecular weight is 294 g/mol. The number of piperazine rings is 1. The van der Waals surface area contributed by atoms with Crippen LogP contribution in [0.2, 0.25) is 0 Å². The standard InChI is InChI=1S/C13H22N6O2/c1-3-10(2)17-6-8-18(9-7-17)13-11(19(20)21)4-5-12(15-13)16-14/h4-5,10H,3,6-9,14H2,1-2H3,(H,15,16). The van der Waals surface area contributed by atoms with Crippen LogP contribution >= 0.6 is 0 Å². The molecular weight excluding hydrogens is 272 g/mol. The van der Waals surface area contributed by atoms with E-state index in [1.165, 1.54) is 12.1 Å². The lowest BCUT2D eigenvalue weighted by Crippen LogP contribution is -2.49. The van der Waals surface area contributed by atoms with Gasteiger partial charge in [0.15, 0.2) is 0 Å². The predicted octanol–water partition coefficient (Wildman–Crippen LogP) is 1.20. The Bertz CT molecular complexity index is 501. The Hall–Kier alpha value is -1.93. The summed E-state index contributed by atoms with van der Waals surface area (Å²) in [4.78, 5) is 19.4. The predicted molar refractivity (Wildman–Crippen MR) is 82.2 cm³/mol. The number of nitrogen functional groups attached to an aromatic ring is 1. The van der Waals surface area contributed by atoms with Crippen molar-refractivity contribution in [2.45, 2.75) is 26.3 Å². The minimum absolute atomic E-state index is 0.0194. The summed E-state index contributed by atoms with van der Waals surface area (Å²) in [6.45, 7) is 7.59. The Morgan fingerprint density at radius 1 is 1.43 bits per heavy atom. The van der Waals surface area contributed by atoms with Gasteiger partial charge < -0.3 is 10.3 Å². The van der Waals surface area contributed by atoms with Gasteiger partial charge >= 0.3 is 5.69 Å². The second-order valence-electron chi connectivity index (χ2n) is 5.22. The maximum absolute atomic E-state index is 11.2. The molecule has 116 valence electrons. The van der Waals surface area contributed by atoms with E-state index >= 15 is 0 Å². The molecule has 1 aliphatic heterocycles. The Balaban J connectivity index is 2.17. The van der Waals surface area contributed by atoms with Crippen LogP contribution in [-0.4, -0.2) is 47.0 Å². The summed E-state index contributed by atoms with van der Waals surface area (Å²) in [5.74, 6) is 6.16. The molecule has 8 nitrogen and oxygen atoms in total. The zero-order valence-corrected chi connectivity index (χ0v) is 12.5. The summed E-state index contributed by atoms with van der Waals surface area (Å²) >= 11 is 0. The Morgan fingerprint density at radius 3 is 2.62 bits per heavy atom. The minimum atomic E-state index is -0.399. The molecule has 1 aliphatic rings. The molecule has 0 radical (unpaired) electrons. The summed E-state index contributed by atoms with van der Waals surface area (Å²) in [6, 6.07) is 3.49. The van der Waals surface area contributed by atoms with Crippen LogP contribution < -0.4 is 16.2 Å². The number of nitrogens with zero attached hydrogens (tertiary/aromatic N) is 4. The van der Waals surface area contributed by atoms with Crippen molar-refractivity contribution in [1.82, 2.24) is 9.88 Å². The first-order valence-electron chi connectivity index (χ1n) is 7.17. The number of anilines is 2. The highest BCUT2D eigenvalue weighted by Gasteiger charge is 2.26. The zero-order chi connectivity index (χ0) is 15.4. The van der Waals surface area contributed by atoms with Crippen molar-refractivity contribution in [3.05, 3.63) is 22.2 Å². The van der Waals surface area contributed by atoms with Crippen LogP contribution in [0.3, 0.4) is 0 Å². The van der Waals surface area contributed by atoms with E-state index in [2.05, 4.69) is 29.2 Å². The fourth-order valence-electron chi connectivity index (χ4n) is 2.53. The maximum atomic E-state index is 11.2. The van der Waals surface area contributed by atoms with Gasteiger partial charge in [0, 0.05) is 38.3 Å². The van der Waals surface area contributed by atoms with Crippen molar-refractivity contribution in [2.75, 3.05) is 36.5 Å². The van der Waals surface area contributed by atoms with Crippen molar-refractivity contribution in [2.24, 2.45) is 5.84 Å². The van der Waals surface area contributed by atoms with E-state index in [9.17, 15) is 10.1 Å². The van der Waals surface area contributed by atoms with Crippen molar-refractivity contribution in [3.63, 3.8) is 0 Å². The zero-order valence-electron chi connectivity index (χ0n) is 12.5. The molecule has 8 heteroatoms. The van der Waals surface area contributed by atoms with Crippen molar-refractivity contribution < 1.29 is 4.92 Å². The van der Waals surface area contributed by atoms with Crippen molar-refractivity contribution >= 4 is 17.3 Å². The van der Waals surface area contributed by atoms with E-state index in [4.69, 9.17) is 5.84 Å². The third-order valence-electron chi connectivity index (χ3n) is 4.03. The molecule has 1 atom stereocenters. The van der Waals surface area contributed by atoms with E-state index in [1.807, 2.05) is 4.90 Å². The molecule has 2 rings (SSSR count). The largest absolute Gasteiger partial charge is 0.348 e. The lowest BCUT2D eigenvalue weighted by atomic mass is 10.2. The van der Waals surface area contributed by atoms with Crippen LogP contribution in [0.15, 0.2) is 12.1 Å². The van der Waals surface area contributed by atoms with Gasteiger partial charge in [-0.15, -0.1) is 0 Å². The van der Waals surface area contributed by atoms with Gasteiger partial charge in [0.25, 0.3) is 0 Å². The molecule has 1 aromatic heterocycles. The molecule has 2 heterocycles. The van der Waals surface area contributed by atoms with E-state index in [0.717, 1.165) is 32.6 Å². The molecule has 21 heavy (non-hydrogen) atoms. The number of nitrogens with one attached hydrogen (secondary N) is 1. The first-order valence-corrected chi connectivity index (χ1v) is 7.17. The fraction of sp³-hybridized carbons (Fsp3) is 0.615. The normalized spacial score (nSPS) is 17.6. The Morgan fingerprint density at radius 2 is 2.10 bits per heavy atom. The maximum Gasteiger partial charge on any atom is 0.311 e. The van der Waals surface area contributed by atoms with E-state index in [0.29, 0.717) is 17.7 Å². The second kappa shape index (κ2) is 6.68. The molecule has 0 aliphatic carbocycles. The number of aromatic nitrogens is 1. The summed E-state index contributed by atoms with van der Waals surface area (Å²) in [7, 11) is 0. The summed E-state index contributed by atoms with van der Waals surface area (Å²) in [5.41, 5.74) is 2.46. The lowest BCUT2D eigenvalue weighted by Gasteiger charge is -2.38. The molecule has 1 fully saturated rings. The number of nitro groups is 1. The van der Waals surface area contributed by atoms with Crippen LogP contribution in [0.1, 0.15) is 20.3 Å². The third kappa shape index (κ3) is 3.40. The van der Waals surface area contributed by atoms with Gasteiger partial charge in [-0.05, 0) is 19.4 Å². The van der Waals surface area contributed by atoms with Crippen LogP contribution in [0.5, 0.6) is 0 Å². The molecule has 0 amide bonds. The molecule has 0 bridgehead atoms. The van der Waals surface area contributed by atoms with E-state index in [-0.39, 0.29) is 5.69 Å². The van der Waals surface area contributed by atoms with Crippen LogP contribution in [0.25, 0.3) is 0 Å². The average Bonchev–Trinajstić information content (AvgIpc) is 2.53. The van der Waals surface area contributed by atoms with Crippen LogP contribution in [0.4, 0.5) is 17.3 Å². The third-order valence-corrected chi connectivity index (χ3v) is 4.03. The number of pyridine rings is 1. The van der Waals surface area contributed by atoms with Gasteiger partial charge in [0.05, 0.1) is 4.92 Å². The molecule has 1 aromatic rings. The summed E-state index contributed by atoms with van der Waals surface area (Å²) < 4.78 is 0. The summed E-state index contributed by atoms with van der Waals surface area (Å²) in [6.07, 6.45) is 1.10. The molecule has 0 spiro atoms. The molecule has 1 unspecified atom stereocenters. The monoisotopic (exact) mass is 294 g/mol. The highest BCUT2D eigenvalue weighted by Crippen LogP contribution is 2.28. The quantitative estimate of drug-likeness (QED) is 0.478. The molecule has 3 N–H and O–H groups in total. The van der Waals surface area contributed by atoms with Gasteiger partial charge in [-0.1, -0.05) is 6.92 Å². The number of rotatable bonds is 5. The SMILES string of the molecule is CCC(C)N1CCN(c2nc(NN)ccc2[N+](=O)[O-])CC1. The Kier molecular flexibility index (Phi) is 4.92. The molecule has 1 saturated heterocycles. The van der Waals surface area contributed by atoms with Gasteiger partial charge in [-0.3, -0.25) is 15.0 Å². The summed E-state index contributed by atoms with van der Waals surface area (Å²) in [5, 5.41) is 11.2. The number of hydrogen-bond acceptors (Lipinski definition) is 7. The topological polar surface area (TPSA) is 101 Å². The number of hydrogen-bond donors (Lipinski definition) is 2. The number of nitrogens with two attached hydrogens (primary N) is 1.